The first-order valence-corrected chi connectivity index (χ1v) is 14.9. The number of aromatic nitrogens is 1. The fraction of sp³-hybridized carbons (Fsp3) is 0.571. The molecule has 0 bridgehead atoms. The number of pyridine rings is 1. The lowest BCUT2D eigenvalue weighted by atomic mass is 9.78. The molecule has 3 aliphatic rings. The van der Waals surface area contributed by atoms with Gasteiger partial charge in [-0.05, 0) is 70.4 Å². The largest absolute Gasteiger partial charge is 0.448 e. The predicted molar refractivity (Wildman–Crippen MR) is 149 cm³/mol. The van der Waals surface area contributed by atoms with Crippen LogP contribution in [-0.4, -0.2) is 48.7 Å². The third-order valence-corrected chi connectivity index (χ3v) is 9.17. The van der Waals surface area contributed by atoms with Crippen molar-refractivity contribution in [1.29, 1.82) is 0 Å². The summed E-state index contributed by atoms with van der Waals surface area (Å²) in [6.45, 7) is 8.43. The standard InChI is InChI=1S/C28H36ClN3O5S/c1-15-9-23(38-4)21(27(34)32-15)12-31-26(33)20-10-22(29)25-24(16(20)2)36-28(3,37-25)18-7-5-17(6-8-18)11-30-19-13-35-14-19/h9-10,17-19,30H,5-8,11-14H2,1-4H3,(H,31,33)(H,32,34). The van der Waals surface area contributed by atoms with Crippen molar-refractivity contribution in [2.24, 2.45) is 11.8 Å². The molecule has 206 valence electrons. The fourth-order valence-corrected chi connectivity index (χ4v) is 6.57. The normalized spacial score (nSPS) is 24.8. The van der Waals surface area contributed by atoms with Crippen molar-refractivity contribution >= 4 is 29.3 Å². The van der Waals surface area contributed by atoms with Crippen LogP contribution in [0.1, 0.15) is 59.8 Å². The van der Waals surface area contributed by atoms with E-state index in [0.717, 1.165) is 56.0 Å². The van der Waals surface area contributed by atoms with Crippen LogP contribution in [0, 0.1) is 25.7 Å². The van der Waals surface area contributed by atoms with E-state index in [0.29, 0.717) is 45.2 Å². The number of halogens is 1. The molecule has 1 aromatic heterocycles. The average molecular weight is 562 g/mol. The molecule has 38 heavy (non-hydrogen) atoms. The SMILES string of the molecule is CSc1cc(C)[nH]c(=O)c1CNC(=O)c1cc(Cl)c2c(c1C)OC(C)(C1CCC(CNC3COC3)CC1)O2. The molecule has 10 heteroatoms. The van der Waals surface area contributed by atoms with Crippen molar-refractivity contribution in [3.05, 3.63) is 49.9 Å². The summed E-state index contributed by atoms with van der Waals surface area (Å²) in [4.78, 5) is 29.3. The van der Waals surface area contributed by atoms with Gasteiger partial charge in [-0.3, -0.25) is 9.59 Å². The van der Waals surface area contributed by atoms with Gasteiger partial charge in [-0.25, -0.2) is 0 Å². The van der Waals surface area contributed by atoms with E-state index in [2.05, 4.69) is 15.6 Å². The molecule has 3 N–H and O–H groups in total. The lowest BCUT2D eigenvalue weighted by Gasteiger charge is -2.38. The summed E-state index contributed by atoms with van der Waals surface area (Å²) in [6.07, 6.45) is 6.14. The number of amides is 1. The molecule has 1 atom stereocenters. The highest BCUT2D eigenvalue weighted by Gasteiger charge is 2.47. The maximum atomic E-state index is 13.2. The van der Waals surface area contributed by atoms with Crippen LogP contribution in [0.4, 0.5) is 0 Å². The summed E-state index contributed by atoms with van der Waals surface area (Å²) < 4.78 is 18.1. The van der Waals surface area contributed by atoms with Crippen molar-refractivity contribution in [2.45, 2.75) is 69.7 Å². The molecule has 0 radical (unpaired) electrons. The van der Waals surface area contributed by atoms with Crippen molar-refractivity contribution in [3.8, 4) is 11.5 Å². The Morgan fingerprint density at radius 2 is 1.87 bits per heavy atom. The van der Waals surface area contributed by atoms with Crippen LogP contribution in [0.5, 0.6) is 11.5 Å². The Kier molecular flexibility index (Phi) is 8.01. The number of carbonyl (C=O) groups is 1. The van der Waals surface area contributed by atoms with E-state index in [9.17, 15) is 9.59 Å². The Balaban J connectivity index is 1.25. The lowest BCUT2D eigenvalue weighted by molar-refractivity contribution is -0.123. The maximum absolute atomic E-state index is 13.2. The summed E-state index contributed by atoms with van der Waals surface area (Å²) >= 11 is 8.09. The van der Waals surface area contributed by atoms with Gasteiger partial charge >= 0.3 is 0 Å². The summed E-state index contributed by atoms with van der Waals surface area (Å²) in [5.74, 6) is 0.750. The topological polar surface area (TPSA) is 102 Å². The zero-order valence-corrected chi connectivity index (χ0v) is 23.9. The van der Waals surface area contributed by atoms with Crippen molar-refractivity contribution in [1.82, 2.24) is 15.6 Å². The van der Waals surface area contributed by atoms with Crippen LogP contribution in [0.2, 0.25) is 5.02 Å². The molecule has 2 aliphatic heterocycles. The summed E-state index contributed by atoms with van der Waals surface area (Å²) in [5.41, 5.74) is 2.19. The smallest absolute Gasteiger partial charge is 0.254 e. The summed E-state index contributed by atoms with van der Waals surface area (Å²) in [7, 11) is 0. The molecule has 2 aromatic rings. The number of thioether (sulfide) groups is 1. The van der Waals surface area contributed by atoms with Gasteiger partial charge in [-0.1, -0.05) is 11.6 Å². The molecule has 1 amide bonds. The number of rotatable bonds is 8. The summed E-state index contributed by atoms with van der Waals surface area (Å²) in [5, 5.41) is 6.83. The number of hydrogen-bond donors (Lipinski definition) is 3. The van der Waals surface area contributed by atoms with E-state index in [4.69, 9.17) is 25.8 Å². The second-order valence-electron chi connectivity index (χ2n) is 10.8. The average Bonchev–Trinajstić information content (AvgIpc) is 3.24. The van der Waals surface area contributed by atoms with Crippen molar-refractivity contribution in [2.75, 3.05) is 26.0 Å². The van der Waals surface area contributed by atoms with Crippen molar-refractivity contribution in [3.63, 3.8) is 0 Å². The Morgan fingerprint density at radius 1 is 1.16 bits per heavy atom. The zero-order chi connectivity index (χ0) is 27.0. The predicted octanol–water partition coefficient (Wildman–Crippen LogP) is 4.58. The van der Waals surface area contributed by atoms with E-state index in [1.807, 2.05) is 33.1 Å². The molecule has 1 saturated heterocycles. The second-order valence-corrected chi connectivity index (χ2v) is 12.0. The molecule has 1 aliphatic carbocycles. The number of aromatic amines is 1. The number of aryl methyl sites for hydroxylation is 1. The number of fused-ring (bicyclic) bond motifs is 1. The molecule has 1 unspecified atom stereocenters. The van der Waals surface area contributed by atoms with Crippen LogP contribution >= 0.6 is 23.4 Å². The van der Waals surface area contributed by atoms with Crippen LogP contribution < -0.4 is 25.7 Å². The number of nitrogens with one attached hydrogen (secondary N) is 3. The monoisotopic (exact) mass is 561 g/mol. The van der Waals surface area contributed by atoms with Gasteiger partial charge in [-0.2, -0.15) is 0 Å². The number of ether oxygens (including phenoxy) is 3. The molecule has 8 nitrogen and oxygen atoms in total. The molecular weight excluding hydrogens is 526 g/mol. The van der Waals surface area contributed by atoms with Gasteiger partial charge in [0.2, 0.25) is 0 Å². The minimum Gasteiger partial charge on any atom is -0.448 e. The molecule has 5 rings (SSSR count). The van der Waals surface area contributed by atoms with Gasteiger partial charge in [-0.15, -0.1) is 11.8 Å². The van der Waals surface area contributed by atoms with Gasteiger partial charge in [0.05, 0.1) is 24.3 Å². The minimum atomic E-state index is -0.825. The van der Waals surface area contributed by atoms with Crippen LogP contribution in [0.25, 0.3) is 0 Å². The van der Waals surface area contributed by atoms with E-state index in [-0.39, 0.29) is 23.9 Å². The third kappa shape index (κ3) is 5.43. The Morgan fingerprint density at radius 3 is 2.53 bits per heavy atom. The van der Waals surface area contributed by atoms with Gasteiger partial charge in [0, 0.05) is 46.7 Å². The molecule has 1 aromatic carbocycles. The van der Waals surface area contributed by atoms with Gasteiger partial charge in [0.1, 0.15) is 0 Å². The van der Waals surface area contributed by atoms with Crippen molar-refractivity contribution < 1.29 is 19.0 Å². The third-order valence-electron chi connectivity index (χ3n) is 8.09. The Bertz CT molecular complexity index is 1270. The van der Waals surface area contributed by atoms with Gasteiger partial charge in [0.25, 0.3) is 17.3 Å². The van der Waals surface area contributed by atoms with Crippen LogP contribution in [0.3, 0.4) is 0 Å². The minimum absolute atomic E-state index is 0.111. The highest BCUT2D eigenvalue weighted by molar-refractivity contribution is 7.98. The molecule has 3 heterocycles. The van der Waals surface area contributed by atoms with E-state index in [1.54, 1.807) is 6.07 Å². The highest BCUT2D eigenvalue weighted by Crippen LogP contribution is 2.51. The quantitative estimate of drug-likeness (QED) is 0.405. The van der Waals surface area contributed by atoms with E-state index < -0.39 is 5.79 Å². The number of carbonyl (C=O) groups excluding carboxylic acids is 1. The maximum Gasteiger partial charge on any atom is 0.254 e. The molecular formula is C28H36ClN3O5S. The highest BCUT2D eigenvalue weighted by atomic mass is 35.5. The number of benzene rings is 1. The van der Waals surface area contributed by atoms with E-state index in [1.165, 1.54) is 11.8 Å². The Labute approximate surface area is 232 Å². The van der Waals surface area contributed by atoms with Gasteiger partial charge < -0.3 is 29.8 Å². The zero-order valence-electron chi connectivity index (χ0n) is 22.4. The number of hydrogen-bond acceptors (Lipinski definition) is 7. The van der Waals surface area contributed by atoms with Gasteiger partial charge in [0.15, 0.2) is 11.5 Å². The van der Waals surface area contributed by atoms with Crippen LogP contribution in [-0.2, 0) is 11.3 Å². The fourth-order valence-electron chi connectivity index (χ4n) is 5.63. The summed E-state index contributed by atoms with van der Waals surface area (Å²) in [6, 6.07) is 4.04. The second kappa shape index (κ2) is 11.1. The molecule has 1 saturated carbocycles. The first-order valence-electron chi connectivity index (χ1n) is 13.3. The van der Waals surface area contributed by atoms with E-state index >= 15 is 0 Å². The van der Waals surface area contributed by atoms with Crippen LogP contribution in [0.15, 0.2) is 21.8 Å². The lowest BCUT2D eigenvalue weighted by Crippen LogP contribution is -2.49. The number of H-pyrrole nitrogens is 1. The Hall–Kier alpha value is -2.20. The first kappa shape index (κ1) is 27.4. The molecule has 0 spiro atoms. The molecule has 2 fully saturated rings. The first-order chi connectivity index (χ1) is 18.2.